The second-order valence-electron chi connectivity index (χ2n) is 7.97. The van der Waals surface area contributed by atoms with Gasteiger partial charge in [0.25, 0.3) is 0 Å². The largest absolute Gasteiger partial charge is 0.444 e. The van der Waals surface area contributed by atoms with Gasteiger partial charge in [-0.2, -0.15) is 0 Å². The van der Waals surface area contributed by atoms with Crippen molar-refractivity contribution >= 4 is 29.2 Å². The molecule has 3 rings (SSSR count). The van der Waals surface area contributed by atoms with Crippen LogP contribution in [0.15, 0.2) is 12.3 Å². The molecule has 0 N–H and O–H groups in total. The molecule has 2 aliphatic rings. The Morgan fingerprint density at radius 3 is 2.58 bits per heavy atom. The van der Waals surface area contributed by atoms with Gasteiger partial charge >= 0.3 is 6.09 Å². The smallest absolute Gasteiger partial charge is 0.410 e. The molecule has 8 heteroatoms. The average molecular weight is 385 g/mol. The molecule has 144 valence electrons. The number of hydrogen-bond donors (Lipinski definition) is 0. The van der Waals surface area contributed by atoms with E-state index >= 15 is 0 Å². The lowest BCUT2D eigenvalue weighted by Crippen LogP contribution is -2.55. The Kier molecular flexibility index (Phi) is 5.19. The summed E-state index contributed by atoms with van der Waals surface area (Å²) in [7, 11) is 0. The summed E-state index contributed by atoms with van der Waals surface area (Å²) in [4.78, 5) is 22.6. The van der Waals surface area contributed by atoms with Gasteiger partial charge in [0, 0.05) is 31.9 Å². The quantitative estimate of drug-likeness (QED) is 0.782. The normalized spacial score (nSPS) is 21.6. The Bertz CT molecular complexity index is 676. The van der Waals surface area contributed by atoms with Crippen LogP contribution in [0.1, 0.15) is 27.7 Å². The summed E-state index contributed by atoms with van der Waals surface area (Å²) in [6.07, 6.45) is 0.514. The van der Waals surface area contributed by atoms with Crippen molar-refractivity contribution in [3.05, 3.63) is 17.3 Å². The summed E-state index contributed by atoms with van der Waals surface area (Å²) < 4.78 is 18.8. The Morgan fingerprint density at radius 1 is 1.31 bits per heavy atom. The maximum atomic E-state index is 13.3. The SMILES string of the molecule is C[C@@H]1CN(C(=O)OC(C)(C)C)CCN1c1ncc(Cl)cc1N1CC(F)C1. The van der Waals surface area contributed by atoms with Gasteiger partial charge in [-0.25, -0.2) is 14.2 Å². The van der Waals surface area contributed by atoms with Crippen LogP contribution in [0.5, 0.6) is 0 Å². The van der Waals surface area contributed by atoms with Crippen molar-refractivity contribution in [3.8, 4) is 0 Å². The van der Waals surface area contributed by atoms with E-state index in [1.807, 2.05) is 38.7 Å². The topological polar surface area (TPSA) is 48.9 Å². The first kappa shape index (κ1) is 19.0. The molecule has 2 fully saturated rings. The van der Waals surface area contributed by atoms with Gasteiger partial charge in [0.05, 0.1) is 23.8 Å². The van der Waals surface area contributed by atoms with Crippen LogP contribution in [0.2, 0.25) is 5.02 Å². The minimum atomic E-state index is -0.803. The van der Waals surface area contributed by atoms with Crippen molar-refractivity contribution in [3.63, 3.8) is 0 Å². The molecule has 0 aromatic carbocycles. The standard InChI is InChI=1S/C18H26ClFN4O2/c1-12-9-22(17(25)26-18(2,3)4)5-6-24(12)16-15(7-13(19)8-21-16)23-10-14(20)11-23/h7-8,12,14H,5-6,9-11H2,1-4H3/t12-/m1/s1. The summed E-state index contributed by atoms with van der Waals surface area (Å²) in [6.45, 7) is 10.1. The van der Waals surface area contributed by atoms with Crippen molar-refractivity contribution in [2.24, 2.45) is 0 Å². The second-order valence-corrected chi connectivity index (χ2v) is 8.40. The van der Waals surface area contributed by atoms with Gasteiger partial charge in [0.1, 0.15) is 11.8 Å². The van der Waals surface area contributed by atoms with Crippen LogP contribution in [-0.4, -0.2) is 66.5 Å². The van der Waals surface area contributed by atoms with Gasteiger partial charge in [0.2, 0.25) is 0 Å². The molecule has 0 bridgehead atoms. The molecule has 2 saturated heterocycles. The fourth-order valence-electron chi connectivity index (χ4n) is 3.26. The number of piperazine rings is 1. The highest BCUT2D eigenvalue weighted by atomic mass is 35.5. The number of halogens is 2. The number of rotatable bonds is 2. The Hall–Kier alpha value is -1.76. The Morgan fingerprint density at radius 2 is 2.00 bits per heavy atom. The van der Waals surface area contributed by atoms with E-state index < -0.39 is 11.8 Å². The van der Waals surface area contributed by atoms with Crippen LogP contribution < -0.4 is 9.80 Å². The van der Waals surface area contributed by atoms with Crippen molar-refractivity contribution in [1.82, 2.24) is 9.88 Å². The van der Waals surface area contributed by atoms with Crippen LogP contribution in [0.25, 0.3) is 0 Å². The molecule has 6 nitrogen and oxygen atoms in total. The molecule has 0 unspecified atom stereocenters. The summed E-state index contributed by atoms with van der Waals surface area (Å²) in [6, 6.07) is 1.90. The highest BCUT2D eigenvalue weighted by molar-refractivity contribution is 6.30. The van der Waals surface area contributed by atoms with Crippen LogP contribution in [0, 0.1) is 0 Å². The minimum Gasteiger partial charge on any atom is -0.444 e. The van der Waals surface area contributed by atoms with E-state index in [4.69, 9.17) is 16.3 Å². The monoisotopic (exact) mass is 384 g/mol. The molecule has 26 heavy (non-hydrogen) atoms. The lowest BCUT2D eigenvalue weighted by molar-refractivity contribution is 0.0218. The molecule has 0 saturated carbocycles. The minimum absolute atomic E-state index is 0.0612. The van der Waals surface area contributed by atoms with Crippen LogP contribution in [0.3, 0.4) is 0 Å². The third-order valence-electron chi connectivity index (χ3n) is 4.54. The Labute approximate surface area is 158 Å². The number of nitrogens with zero attached hydrogens (tertiary/aromatic N) is 4. The van der Waals surface area contributed by atoms with E-state index in [9.17, 15) is 9.18 Å². The number of anilines is 2. The predicted molar refractivity (Wildman–Crippen MR) is 101 cm³/mol. The predicted octanol–water partition coefficient (Wildman–Crippen LogP) is 3.34. The molecular weight excluding hydrogens is 359 g/mol. The number of ether oxygens (including phenoxy) is 1. The third-order valence-corrected chi connectivity index (χ3v) is 4.75. The maximum Gasteiger partial charge on any atom is 0.410 e. The number of carbonyl (C=O) groups excluding carboxylic acids is 1. The molecule has 1 amide bonds. The Balaban J connectivity index is 1.73. The number of amides is 1. The van der Waals surface area contributed by atoms with E-state index in [-0.39, 0.29) is 12.1 Å². The van der Waals surface area contributed by atoms with Crippen molar-refractivity contribution in [1.29, 1.82) is 0 Å². The van der Waals surface area contributed by atoms with E-state index in [0.717, 1.165) is 11.5 Å². The fourth-order valence-corrected chi connectivity index (χ4v) is 3.41. The van der Waals surface area contributed by atoms with Crippen LogP contribution in [-0.2, 0) is 4.74 Å². The molecule has 0 spiro atoms. The van der Waals surface area contributed by atoms with Crippen LogP contribution in [0.4, 0.5) is 20.7 Å². The first-order valence-corrected chi connectivity index (χ1v) is 9.31. The number of carbonyl (C=O) groups is 1. The lowest BCUT2D eigenvalue weighted by atomic mass is 10.1. The molecule has 1 atom stereocenters. The number of aromatic nitrogens is 1. The number of pyridine rings is 1. The first-order valence-electron chi connectivity index (χ1n) is 8.93. The van der Waals surface area contributed by atoms with E-state index in [0.29, 0.717) is 37.7 Å². The van der Waals surface area contributed by atoms with E-state index in [1.165, 1.54) is 0 Å². The van der Waals surface area contributed by atoms with Gasteiger partial charge in [-0.05, 0) is 33.8 Å². The molecule has 1 aromatic rings. The molecule has 0 radical (unpaired) electrons. The molecule has 3 heterocycles. The van der Waals surface area contributed by atoms with Gasteiger partial charge < -0.3 is 19.4 Å². The highest BCUT2D eigenvalue weighted by Gasteiger charge is 2.34. The van der Waals surface area contributed by atoms with Crippen molar-refractivity contribution in [2.45, 2.75) is 45.5 Å². The van der Waals surface area contributed by atoms with Crippen molar-refractivity contribution in [2.75, 3.05) is 42.5 Å². The summed E-state index contributed by atoms with van der Waals surface area (Å²) >= 11 is 6.11. The van der Waals surface area contributed by atoms with Gasteiger partial charge in [-0.15, -0.1) is 0 Å². The van der Waals surface area contributed by atoms with E-state index in [2.05, 4.69) is 9.88 Å². The summed E-state index contributed by atoms with van der Waals surface area (Å²) in [5.74, 6) is 0.789. The number of alkyl halides is 1. The van der Waals surface area contributed by atoms with E-state index in [1.54, 1.807) is 11.1 Å². The zero-order valence-electron chi connectivity index (χ0n) is 15.7. The fraction of sp³-hybridized carbons (Fsp3) is 0.667. The van der Waals surface area contributed by atoms with Crippen LogP contribution >= 0.6 is 11.6 Å². The van der Waals surface area contributed by atoms with Gasteiger partial charge in [-0.1, -0.05) is 11.6 Å². The second kappa shape index (κ2) is 7.10. The maximum absolute atomic E-state index is 13.3. The summed E-state index contributed by atoms with van der Waals surface area (Å²) in [5.41, 5.74) is 0.340. The first-order chi connectivity index (χ1) is 12.1. The zero-order chi connectivity index (χ0) is 19.1. The summed E-state index contributed by atoms with van der Waals surface area (Å²) in [5, 5.41) is 0.533. The molecule has 2 aliphatic heterocycles. The molecule has 1 aromatic heterocycles. The number of hydrogen-bond acceptors (Lipinski definition) is 5. The van der Waals surface area contributed by atoms with Crippen molar-refractivity contribution < 1.29 is 13.9 Å². The highest BCUT2D eigenvalue weighted by Crippen LogP contribution is 2.35. The van der Waals surface area contributed by atoms with Gasteiger partial charge in [-0.3, -0.25) is 0 Å². The molecular formula is C18H26ClFN4O2. The average Bonchev–Trinajstić information content (AvgIpc) is 2.50. The zero-order valence-corrected chi connectivity index (χ0v) is 16.5. The van der Waals surface area contributed by atoms with Gasteiger partial charge in [0.15, 0.2) is 5.82 Å². The third kappa shape index (κ3) is 4.14. The lowest BCUT2D eigenvalue weighted by Gasteiger charge is -2.44. The molecule has 0 aliphatic carbocycles.